The zero-order valence-electron chi connectivity index (χ0n) is 48.5. The summed E-state index contributed by atoms with van der Waals surface area (Å²) >= 11 is 4.62. The number of hydrogen-bond donors (Lipinski definition) is 0. The van der Waals surface area contributed by atoms with E-state index in [2.05, 4.69) is 13.8 Å². The summed E-state index contributed by atoms with van der Waals surface area (Å²) in [4.78, 5) is 156. The molecule has 8 amide bonds. The fraction of sp³-hybridized carbons (Fsp3) is 0.782. The van der Waals surface area contributed by atoms with Crippen LogP contribution in [0.4, 0.5) is 0 Å². The van der Waals surface area contributed by atoms with Crippen LogP contribution in [0.1, 0.15) is 134 Å². The Balaban J connectivity index is 0.00000412. The predicted molar refractivity (Wildman–Crippen MR) is 307 cm³/mol. The van der Waals surface area contributed by atoms with Gasteiger partial charge in [0.25, 0.3) is 0 Å². The number of likely N-dealkylation sites (tertiary alicyclic amines) is 4. The molecule has 4 unspecified atom stereocenters. The molecule has 0 N–H and O–H groups in total. The highest BCUT2D eigenvalue weighted by Crippen LogP contribution is 2.31. The van der Waals surface area contributed by atoms with Crippen molar-refractivity contribution in [1.82, 2.24) is 19.6 Å². The zero-order chi connectivity index (χ0) is 59.5. The molecule has 0 aromatic carbocycles. The summed E-state index contributed by atoms with van der Waals surface area (Å²) in [5.41, 5.74) is -1.61. The molecule has 0 bridgehead atoms. The normalized spacial score (nSPS) is 20.4. The van der Waals surface area contributed by atoms with Crippen LogP contribution in [-0.4, -0.2) is 213 Å². The van der Waals surface area contributed by atoms with E-state index in [1.165, 1.54) is 63.4 Å². The zero-order valence-corrected chi connectivity index (χ0v) is 51.8. The van der Waals surface area contributed by atoms with Crippen molar-refractivity contribution < 1.29 is 76.5 Å². The molecular formula is C55H88N4O16S4. The van der Waals surface area contributed by atoms with E-state index in [0.717, 1.165) is 23.5 Å². The van der Waals surface area contributed by atoms with E-state index in [4.69, 9.17) is 18.9 Å². The van der Waals surface area contributed by atoms with Gasteiger partial charge in [0.2, 0.25) is 47.3 Å². The van der Waals surface area contributed by atoms with Gasteiger partial charge in [-0.1, -0.05) is 68.7 Å². The Hall–Kier alpha value is -3.52. The van der Waals surface area contributed by atoms with Crippen LogP contribution >= 0.6 is 47.0 Å². The van der Waals surface area contributed by atoms with Crippen LogP contribution in [-0.2, 0) is 76.5 Å². The average Bonchev–Trinajstić information content (AvgIpc) is 4.04. The average molecular weight is 1190 g/mol. The third-order valence-electron chi connectivity index (χ3n) is 12.4. The molecule has 0 aliphatic carbocycles. The Kier molecular flexibility index (Phi) is 33.4. The van der Waals surface area contributed by atoms with Crippen molar-refractivity contribution in [1.29, 1.82) is 0 Å². The minimum Gasteiger partial charge on any atom is -0.381 e. The van der Waals surface area contributed by atoms with Gasteiger partial charge in [0.05, 0.1) is 75.9 Å². The number of carbonyl (C=O) groups is 12. The second-order valence-corrected chi connectivity index (χ2v) is 25.8. The summed E-state index contributed by atoms with van der Waals surface area (Å²) in [6.45, 7) is 20.7. The van der Waals surface area contributed by atoms with Crippen LogP contribution < -0.4 is 0 Å². The number of rotatable bonds is 37. The molecule has 4 aliphatic rings. The lowest BCUT2D eigenvalue weighted by atomic mass is 9.92. The second-order valence-electron chi connectivity index (χ2n) is 21.1. The summed E-state index contributed by atoms with van der Waals surface area (Å²) in [5, 5.41) is -2.56. The van der Waals surface area contributed by atoms with Gasteiger partial charge in [-0.25, -0.2) is 0 Å². The Morgan fingerprint density at radius 1 is 0.481 bits per heavy atom. The molecule has 0 spiro atoms. The van der Waals surface area contributed by atoms with Gasteiger partial charge in [0.1, 0.15) is 23.1 Å². The molecule has 4 atom stereocenters. The summed E-state index contributed by atoms with van der Waals surface area (Å²) < 4.78 is 24.9. The number of thioether (sulfide) groups is 4. The van der Waals surface area contributed by atoms with Gasteiger partial charge in [-0.3, -0.25) is 77.1 Å². The molecule has 79 heavy (non-hydrogen) atoms. The fourth-order valence-electron chi connectivity index (χ4n) is 7.95. The van der Waals surface area contributed by atoms with Crippen molar-refractivity contribution in [3.63, 3.8) is 0 Å². The van der Waals surface area contributed by atoms with Crippen LogP contribution in [0.15, 0.2) is 0 Å². The number of carbonyl (C=O) groups excluding carboxylic acids is 12. The Bertz CT molecular complexity index is 2040. The van der Waals surface area contributed by atoms with E-state index in [9.17, 15) is 57.5 Å². The van der Waals surface area contributed by atoms with Crippen LogP contribution in [0.5, 0.6) is 0 Å². The first kappa shape index (κ1) is 71.6. The minimum absolute atomic E-state index is 0.00191. The Morgan fingerprint density at radius 2 is 0.734 bits per heavy atom. The van der Waals surface area contributed by atoms with E-state index in [0.29, 0.717) is 0 Å². The van der Waals surface area contributed by atoms with Gasteiger partial charge in [-0.15, -0.1) is 47.0 Å². The number of Topliss-reactive ketones (excluding diaryl/α,β-unsaturated/α-hetero) is 4. The summed E-state index contributed by atoms with van der Waals surface area (Å²) in [7, 11) is 0. The highest BCUT2D eigenvalue weighted by atomic mass is 32.2. The minimum atomic E-state index is -1.04. The van der Waals surface area contributed by atoms with Gasteiger partial charge in [0, 0.05) is 89.6 Å². The maximum atomic E-state index is 13.2. The summed E-state index contributed by atoms with van der Waals surface area (Å²) in [6.07, 6.45) is 2.39. The van der Waals surface area contributed by atoms with Crippen molar-refractivity contribution in [2.75, 3.05) is 102 Å². The number of nitrogens with zero attached hydrogens (tertiary/aromatic N) is 4. The SMILES string of the molecule is CC.CC(=O)CSC1CC(=O)N(CCCOCC(COCCCN2C(=O)CC(SCC(C)=O)C2=O)(COCCCN2C(=O)CC(SCC(=O)C(C)C)C2=O)COCCCN2C(=O)CC(SCC(=O)C(C)(C)C)C2=O)C1=O.CCC. The van der Waals surface area contributed by atoms with E-state index >= 15 is 0 Å². The first-order valence-electron chi connectivity index (χ1n) is 27.5. The molecule has 0 aromatic rings. The largest absolute Gasteiger partial charge is 0.381 e. The molecule has 4 saturated heterocycles. The first-order chi connectivity index (χ1) is 37.4. The van der Waals surface area contributed by atoms with Crippen LogP contribution in [0, 0.1) is 16.7 Å². The maximum Gasteiger partial charge on any atom is 0.242 e. The summed E-state index contributed by atoms with van der Waals surface area (Å²) in [6, 6.07) is 0. The molecule has 4 fully saturated rings. The van der Waals surface area contributed by atoms with Crippen LogP contribution in [0.3, 0.4) is 0 Å². The standard InChI is InChI=1S/C50H74N4O16S4.C3H8.C2H6/c1-32(2)35(57)26-73-38-22-43(61)53(47(38)65)14-10-18-69-30-50(28-67-16-8-12-51-41(59)20-36(45(51)63)71-24-33(3)55,29-68-17-9-13-52-42(60)21-37(46(52)64)72-25-34(4)56)31-70-19-11-15-54-44(62)23-39(48(54)66)74-27-40(58)49(5,6)7;1-3-2;1-2/h32,36-39H,8-31H2,1-7H3;3H2,1-2H3;1-2H3. The number of ketones is 4. The van der Waals surface area contributed by atoms with Crippen molar-refractivity contribution in [3.05, 3.63) is 0 Å². The third kappa shape index (κ3) is 24.5. The molecule has 4 heterocycles. The highest BCUT2D eigenvalue weighted by Gasteiger charge is 2.43. The molecule has 0 saturated carbocycles. The van der Waals surface area contributed by atoms with Crippen molar-refractivity contribution >= 4 is 117 Å². The van der Waals surface area contributed by atoms with E-state index in [1.807, 2.05) is 13.8 Å². The number of ether oxygens (including phenoxy) is 4. The molecule has 4 rings (SSSR count). The van der Waals surface area contributed by atoms with Crippen molar-refractivity contribution in [3.8, 4) is 0 Å². The first-order valence-corrected chi connectivity index (χ1v) is 31.7. The quantitative estimate of drug-likeness (QED) is 0.0549. The molecule has 0 aromatic heterocycles. The van der Waals surface area contributed by atoms with E-state index < -0.39 is 31.8 Å². The molecule has 20 nitrogen and oxygen atoms in total. The van der Waals surface area contributed by atoms with Crippen LogP contribution in [0.25, 0.3) is 0 Å². The summed E-state index contributed by atoms with van der Waals surface area (Å²) in [5.74, 6) is -2.69. The van der Waals surface area contributed by atoms with Gasteiger partial charge < -0.3 is 18.9 Å². The van der Waals surface area contributed by atoms with Gasteiger partial charge >= 0.3 is 0 Å². The van der Waals surface area contributed by atoms with Crippen molar-refractivity contribution in [2.45, 2.75) is 155 Å². The highest BCUT2D eigenvalue weighted by molar-refractivity contribution is 8.02. The van der Waals surface area contributed by atoms with Crippen molar-refractivity contribution in [2.24, 2.45) is 16.7 Å². The molecule has 24 heteroatoms. The fourth-order valence-corrected chi connectivity index (χ4v) is 12.4. The van der Waals surface area contributed by atoms with E-state index in [-0.39, 0.29) is 230 Å². The second kappa shape index (κ2) is 36.8. The molecular weight excluding hydrogens is 1100 g/mol. The van der Waals surface area contributed by atoms with Gasteiger partial charge in [0.15, 0.2) is 0 Å². The Labute approximate surface area is 484 Å². The van der Waals surface area contributed by atoms with Gasteiger partial charge in [-0.05, 0) is 39.5 Å². The smallest absolute Gasteiger partial charge is 0.242 e. The topological polar surface area (TPSA) is 255 Å². The van der Waals surface area contributed by atoms with E-state index in [1.54, 1.807) is 34.6 Å². The monoisotopic (exact) mass is 1190 g/mol. The van der Waals surface area contributed by atoms with Gasteiger partial charge in [-0.2, -0.15) is 0 Å². The van der Waals surface area contributed by atoms with Crippen LogP contribution in [0.2, 0.25) is 0 Å². The number of imide groups is 4. The molecule has 0 radical (unpaired) electrons. The number of hydrogen-bond acceptors (Lipinski definition) is 20. The number of amides is 8. The lowest BCUT2D eigenvalue weighted by Gasteiger charge is -2.33. The lowest BCUT2D eigenvalue weighted by molar-refractivity contribution is -0.140. The maximum absolute atomic E-state index is 13.2. The molecule has 4 aliphatic heterocycles. The molecule has 448 valence electrons. The Morgan fingerprint density at radius 3 is 0.975 bits per heavy atom. The lowest BCUT2D eigenvalue weighted by Crippen LogP contribution is -2.43. The predicted octanol–water partition coefficient (Wildman–Crippen LogP) is 5.50. The third-order valence-corrected chi connectivity index (χ3v) is 17.5.